The van der Waals surface area contributed by atoms with E-state index in [0.717, 1.165) is 38.2 Å². The van der Waals surface area contributed by atoms with Crippen molar-refractivity contribution in [2.75, 3.05) is 0 Å². The number of hydrogen-bond acceptors (Lipinski definition) is 3. The molecule has 3 aromatic rings. The molecule has 1 aliphatic rings. The van der Waals surface area contributed by atoms with E-state index in [1.807, 2.05) is 12.1 Å². The van der Waals surface area contributed by atoms with E-state index in [4.69, 9.17) is 4.74 Å². The van der Waals surface area contributed by atoms with E-state index in [1.54, 1.807) is 12.1 Å². The molecule has 0 amide bonds. The third-order valence-electron chi connectivity index (χ3n) is 6.80. The van der Waals surface area contributed by atoms with Gasteiger partial charge < -0.3 is 4.74 Å². The molecule has 5 heteroatoms. The molecule has 0 N–H and O–H groups in total. The van der Waals surface area contributed by atoms with Crippen molar-refractivity contribution in [3.05, 3.63) is 85.4 Å². The number of non-ortho nitro benzene ring substituents is 1. The molecular weight excluding hydrogens is 490 g/mol. The molecule has 0 spiro atoms. The molecule has 3 aromatic carbocycles. The van der Waals surface area contributed by atoms with Gasteiger partial charge in [-0.25, -0.2) is 0 Å². The molecule has 4 nitrogen and oxygen atoms in total. The molecule has 0 atom stereocenters. The van der Waals surface area contributed by atoms with Gasteiger partial charge in [-0.3, -0.25) is 10.1 Å². The summed E-state index contributed by atoms with van der Waals surface area (Å²) in [6, 6.07) is 15.6. The van der Waals surface area contributed by atoms with Gasteiger partial charge in [0.25, 0.3) is 5.69 Å². The van der Waals surface area contributed by atoms with Gasteiger partial charge in [0.1, 0.15) is 11.5 Å². The van der Waals surface area contributed by atoms with Crippen molar-refractivity contribution >= 4 is 21.6 Å². The zero-order valence-corrected chi connectivity index (χ0v) is 22.8. The summed E-state index contributed by atoms with van der Waals surface area (Å²) in [4.78, 5) is 10.8. The van der Waals surface area contributed by atoms with E-state index in [9.17, 15) is 10.1 Å². The lowest BCUT2D eigenvalue weighted by Crippen LogP contribution is -2.27. The molecular formula is C29H32BrNO3. The molecule has 178 valence electrons. The Morgan fingerprint density at radius 2 is 1.32 bits per heavy atom. The van der Waals surface area contributed by atoms with E-state index < -0.39 is 0 Å². The molecule has 0 aromatic heterocycles. The second-order valence-electron chi connectivity index (χ2n) is 11.8. The highest BCUT2D eigenvalue weighted by molar-refractivity contribution is 9.10. The Bertz CT molecular complexity index is 1290. The van der Waals surface area contributed by atoms with Crippen LogP contribution in [0.3, 0.4) is 0 Å². The molecule has 0 saturated heterocycles. The van der Waals surface area contributed by atoms with Crippen molar-refractivity contribution in [3.8, 4) is 22.6 Å². The molecule has 4 rings (SSSR count). The van der Waals surface area contributed by atoms with Crippen LogP contribution in [0.25, 0.3) is 11.1 Å². The summed E-state index contributed by atoms with van der Waals surface area (Å²) in [5.41, 5.74) is 6.28. The minimum absolute atomic E-state index is 0.00504. The zero-order chi connectivity index (χ0) is 25.2. The van der Waals surface area contributed by atoms with E-state index in [1.165, 1.54) is 11.1 Å². The molecule has 0 aliphatic carbocycles. The van der Waals surface area contributed by atoms with E-state index >= 15 is 0 Å². The predicted molar refractivity (Wildman–Crippen MR) is 142 cm³/mol. The van der Waals surface area contributed by atoms with Gasteiger partial charge in [0.2, 0.25) is 0 Å². The van der Waals surface area contributed by atoms with Gasteiger partial charge in [0, 0.05) is 34.2 Å². The third kappa shape index (κ3) is 4.15. The van der Waals surface area contributed by atoms with Crippen LogP contribution in [0.2, 0.25) is 0 Å². The fraction of sp³-hybridized carbons (Fsp3) is 0.379. The summed E-state index contributed by atoms with van der Waals surface area (Å²) in [5, 5.41) is 11.2. The predicted octanol–water partition coefficient (Wildman–Crippen LogP) is 9.05. The number of nitrogens with zero attached hydrogens (tertiary/aromatic N) is 1. The van der Waals surface area contributed by atoms with Crippen molar-refractivity contribution in [1.82, 2.24) is 0 Å². The van der Waals surface area contributed by atoms with Crippen molar-refractivity contribution in [2.45, 2.75) is 71.6 Å². The highest BCUT2D eigenvalue weighted by Crippen LogP contribution is 2.55. The Kier molecular flexibility index (Phi) is 5.72. The smallest absolute Gasteiger partial charge is 0.269 e. The molecule has 0 fully saturated rings. The highest BCUT2D eigenvalue weighted by atomic mass is 79.9. The van der Waals surface area contributed by atoms with E-state index in [-0.39, 0.29) is 26.9 Å². The standard InChI is InChI=1S/C29H32BrNO3/c1-27(2,3)18-13-21(17-9-11-20(12-10-17)31(32)33)25-22(14-18)29(7,8)23-15-19(28(4,5)6)16-24(30)26(23)34-25/h9-16H,1-8H3. The molecule has 1 heterocycles. The van der Waals surface area contributed by atoms with E-state index in [0.29, 0.717) is 0 Å². The van der Waals surface area contributed by atoms with Gasteiger partial charge in [-0.05, 0) is 67.7 Å². The molecule has 0 radical (unpaired) electrons. The Labute approximate surface area is 210 Å². The number of nitro groups is 1. The summed E-state index contributed by atoms with van der Waals surface area (Å²) in [7, 11) is 0. The average molecular weight is 522 g/mol. The van der Waals surface area contributed by atoms with Gasteiger partial charge >= 0.3 is 0 Å². The van der Waals surface area contributed by atoms with Crippen molar-refractivity contribution < 1.29 is 9.66 Å². The monoisotopic (exact) mass is 521 g/mol. The van der Waals surface area contributed by atoms with Crippen molar-refractivity contribution in [1.29, 1.82) is 0 Å². The Hall–Kier alpha value is -2.66. The lowest BCUT2D eigenvalue weighted by Gasteiger charge is -2.38. The normalized spacial score (nSPS) is 14.7. The maximum Gasteiger partial charge on any atom is 0.269 e. The number of hydrogen-bond donors (Lipinski definition) is 0. The van der Waals surface area contributed by atoms with Crippen molar-refractivity contribution in [2.24, 2.45) is 0 Å². The van der Waals surface area contributed by atoms with Crippen LogP contribution in [0.4, 0.5) is 5.69 Å². The fourth-order valence-electron chi connectivity index (χ4n) is 4.45. The summed E-state index contributed by atoms with van der Waals surface area (Å²) >= 11 is 3.78. The quantitative estimate of drug-likeness (QED) is 0.249. The maximum atomic E-state index is 11.2. The van der Waals surface area contributed by atoms with Crippen LogP contribution in [-0.4, -0.2) is 4.92 Å². The number of nitro benzene ring substituents is 1. The van der Waals surface area contributed by atoms with Crippen LogP contribution in [0.1, 0.15) is 77.6 Å². The number of halogens is 1. The third-order valence-corrected chi connectivity index (χ3v) is 7.39. The first kappa shape index (κ1) is 24.5. The topological polar surface area (TPSA) is 52.4 Å². The molecule has 1 aliphatic heterocycles. The summed E-state index contributed by atoms with van der Waals surface area (Å²) < 4.78 is 7.60. The van der Waals surface area contributed by atoms with Crippen LogP contribution in [0, 0.1) is 10.1 Å². The maximum absolute atomic E-state index is 11.2. The molecule has 34 heavy (non-hydrogen) atoms. The lowest BCUT2D eigenvalue weighted by atomic mass is 9.71. The Balaban J connectivity index is 2.00. The molecule has 0 unspecified atom stereocenters. The van der Waals surface area contributed by atoms with Crippen LogP contribution in [0.5, 0.6) is 11.5 Å². The number of rotatable bonds is 2. The molecule has 0 saturated carbocycles. The first-order chi connectivity index (χ1) is 15.6. The Morgan fingerprint density at radius 1 is 0.824 bits per heavy atom. The average Bonchev–Trinajstić information content (AvgIpc) is 2.72. The van der Waals surface area contributed by atoms with Gasteiger partial charge in [0.05, 0.1) is 9.40 Å². The van der Waals surface area contributed by atoms with Crippen LogP contribution < -0.4 is 4.74 Å². The first-order valence-electron chi connectivity index (χ1n) is 11.6. The Morgan fingerprint density at radius 3 is 1.82 bits per heavy atom. The SMILES string of the molecule is CC(C)(C)c1cc(Br)c2c(c1)C(C)(C)c1cc(C(C)(C)C)cc(-c3ccc([N+](=O)[O-])cc3)c1O2. The van der Waals surface area contributed by atoms with Gasteiger partial charge in [-0.15, -0.1) is 0 Å². The fourth-order valence-corrected chi connectivity index (χ4v) is 5.00. The lowest BCUT2D eigenvalue weighted by molar-refractivity contribution is -0.384. The second-order valence-corrected chi connectivity index (χ2v) is 12.6. The second kappa shape index (κ2) is 7.94. The minimum atomic E-state index is -0.370. The van der Waals surface area contributed by atoms with Gasteiger partial charge in [-0.1, -0.05) is 67.5 Å². The minimum Gasteiger partial charge on any atom is -0.455 e. The van der Waals surface area contributed by atoms with Gasteiger partial charge in [0.15, 0.2) is 0 Å². The largest absolute Gasteiger partial charge is 0.455 e. The zero-order valence-electron chi connectivity index (χ0n) is 21.2. The number of benzene rings is 3. The van der Waals surface area contributed by atoms with Crippen molar-refractivity contribution in [3.63, 3.8) is 0 Å². The summed E-state index contributed by atoms with van der Waals surface area (Å²) in [6.07, 6.45) is 0. The highest BCUT2D eigenvalue weighted by Gasteiger charge is 2.39. The van der Waals surface area contributed by atoms with Gasteiger partial charge in [-0.2, -0.15) is 0 Å². The van der Waals surface area contributed by atoms with Crippen LogP contribution in [-0.2, 0) is 16.2 Å². The van der Waals surface area contributed by atoms with Crippen LogP contribution >= 0.6 is 15.9 Å². The first-order valence-corrected chi connectivity index (χ1v) is 12.4. The number of ether oxygens (including phenoxy) is 1. The summed E-state index contributed by atoms with van der Waals surface area (Å²) in [6.45, 7) is 17.8. The number of fused-ring (bicyclic) bond motifs is 2. The van der Waals surface area contributed by atoms with E-state index in [2.05, 4.69) is 95.6 Å². The van der Waals surface area contributed by atoms with Crippen LogP contribution in [0.15, 0.2) is 53.0 Å². The molecule has 0 bridgehead atoms. The summed E-state index contributed by atoms with van der Waals surface area (Å²) in [5.74, 6) is 1.64.